The minimum atomic E-state index is -0.499. The van der Waals surface area contributed by atoms with Crippen molar-refractivity contribution in [3.63, 3.8) is 0 Å². The lowest BCUT2D eigenvalue weighted by Gasteiger charge is -2.29. The molecule has 3 heterocycles. The number of para-hydroxylation sites is 1. The summed E-state index contributed by atoms with van der Waals surface area (Å²) in [6, 6.07) is 11.3. The highest BCUT2D eigenvalue weighted by Crippen LogP contribution is 2.47. The lowest BCUT2D eigenvalue weighted by atomic mass is 9.91. The average Bonchev–Trinajstić information content (AvgIpc) is 3.31. The van der Waals surface area contributed by atoms with Crippen molar-refractivity contribution < 1.29 is 23.8 Å². The molecule has 0 aromatic heterocycles. The first-order valence-corrected chi connectivity index (χ1v) is 10.3. The van der Waals surface area contributed by atoms with E-state index in [4.69, 9.17) is 14.2 Å². The van der Waals surface area contributed by atoms with Gasteiger partial charge in [0.1, 0.15) is 0 Å². The second-order valence-corrected chi connectivity index (χ2v) is 7.90. The van der Waals surface area contributed by atoms with Crippen LogP contribution in [0.25, 0.3) is 6.08 Å². The number of amides is 2. The fourth-order valence-electron chi connectivity index (χ4n) is 5.08. The predicted octanol–water partition coefficient (Wildman–Crippen LogP) is 3.27. The number of nitrogens with zero attached hydrogens (tertiary/aromatic N) is 2. The second-order valence-electron chi connectivity index (χ2n) is 7.90. The molecule has 2 saturated heterocycles. The molecular formula is C24H24N2O5. The van der Waals surface area contributed by atoms with Gasteiger partial charge in [0.15, 0.2) is 11.5 Å². The summed E-state index contributed by atoms with van der Waals surface area (Å²) in [5.41, 5.74) is 3.02. The van der Waals surface area contributed by atoms with Crippen LogP contribution in [0.4, 0.5) is 11.4 Å². The van der Waals surface area contributed by atoms with E-state index in [1.54, 1.807) is 12.1 Å². The molecule has 0 radical (unpaired) electrons. The Hall–Kier alpha value is -3.48. The Morgan fingerprint density at radius 1 is 0.968 bits per heavy atom. The summed E-state index contributed by atoms with van der Waals surface area (Å²) in [5.74, 6) is 0.194. The van der Waals surface area contributed by atoms with Gasteiger partial charge in [-0.3, -0.25) is 9.59 Å². The quantitative estimate of drug-likeness (QED) is 0.708. The van der Waals surface area contributed by atoms with Crippen LogP contribution in [-0.2, 0) is 9.59 Å². The number of imide groups is 1. The number of carbonyl (C=O) groups is 2. The zero-order valence-electron chi connectivity index (χ0n) is 17.8. The van der Waals surface area contributed by atoms with E-state index in [0.717, 1.165) is 30.6 Å². The van der Waals surface area contributed by atoms with Crippen molar-refractivity contribution in [2.24, 2.45) is 5.92 Å². The maximum Gasteiger partial charge on any atom is 0.261 e. The van der Waals surface area contributed by atoms with Crippen LogP contribution < -0.4 is 24.0 Å². The van der Waals surface area contributed by atoms with Crippen molar-refractivity contribution in [2.75, 3.05) is 37.7 Å². The maximum absolute atomic E-state index is 13.7. The Morgan fingerprint density at radius 3 is 2.35 bits per heavy atom. The van der Waals surface area contributed by atoms with Gasteiger partial charge >= 0.3 is 0 Å². The minimum Gasteiger partial charge on any atom is -0.493 e. The van der Waals surface area contributed by atoms with Gasteiger partial charge in [0.25, 0.3) is 5.91 Å². The molecule has 7 nitrogen and oxygen atoms in total. The fraction of sp³-hybridized carbons (Fsp3) is 0.333. The van der Waals surface area contributed by atoms with Crippen LogP contribution in [-0.4, -0.2) is 45.7 Å². The average molecular weight is 420 g/mol. The summed E-state index contributed by atoms with van der Waals surface area (Å²) in [6.45, 7) is 0.880. The normalized spacial score (nSPS) is 21.8. The predicted molar refractivity (Wildman–Crippen MR) is 117 cm³/mol. The largest absolute Gasteiger partial charge is 0.493 e. The van der Waals surface area contributed by atoms with E-state index < -0.39 is 5.92 Å². The van der Waals surface area contributed by atoms with E-state index in [1.807, 2.05) is 24.3 Å². The summed E-state index contributed by atoms with van der Waals surface area (Å²) in [4.78, 5) is 30.8. The second kappa shape index (κ2) is 7.34. The number of benzene rings is 2. The van der Waals surface area contributed by atoms with E-state index in [1.165, 1.54) is 26.2 Å². The van der Waals surface area contributed by atoms with Crippen LogP contribution in [0.15, 0.2) is 42.0 Å². The molecule has 2 atom stereocenters. The van der Waals surface area contributed by atoms with Gasteiger partial charge in [-0.05, 0) is 30.5 Å². The summed E-state index contributed by atoms with van der Waals surface area (Å²) < 4.78 is 16.2. The fourth-order valence-corrected chi connectivity index (χ4v) is 5.08. The number of hydrogen-bond donors (Lipinski definition) is 0. The number of methoxy groups -OCH3 is 3. The minimum absolute atomic E-state index is 0.0293. The molecule has 3 aliphatic heterocycles. The molecule has 0 spiro atoms. The Balaban J connectivity index is 1.65. The molecule has 2 unspecified atom stereocenters. The Bertz CT molecular complexity index is 1080. The van der Waals surface area contributed by atoms with Gasteiger partial charge in [-0.25, -0.2) is 4.90 Å². The van der Waals surface area contributed by atoms with Gasteiger partial charge < -0.3 is 19.1 Å². The molecule has 31 heavy (non-hydrogen) atoms. The number of anilines is 2. The Morgan fingerprint density at radius 2 is 1.68 bits per heavy atom. The lowest BCUT2D eigenvalue weighted by Crippen LogP contribution is -2.40. The number of fused-ring (bicyclic) bond motifs is 5. The Labute approximate surface area is 180 Å². The molecular weight excluding hydrogens is 396 g/mol. The molecule has 0 saturated carbocycles. The van der Waals surface area contributed by atoms with E-state index >= 15 is 0 Å². The van der Waals surface area contributed by atoms with Crippen molar-refractivity contribution >= 4 is 29.3 Å². The van der Waals surface area contributed by atoms with E-state index in [9.17, 15) is 9.59 Å². The van der Waals surface area contributed by atoms with Gasteiger partial charge in [0, 0.05) is 36.0 Å². The zero-order valence-corrected chi connectivity index (χ0v) is 17.8. The number of rotatable bonds is 4. The first kappa shape index (κ1) is 19.5. The molecule has 2 amide bonds. The van der Waals surface area contributed by atoms with Crippen LogP contribution in [0.3, 0.4) is 0 Å². The molecule has 2 fully saturated rings. The van der Waals surface area contributed by atoms with Crippen molar-refractivity contribution in [3.8, 4) is 17.2 Å². The van der Waals surface area contributed by atoms with Crippen molar-refractivity contribution in [2.45, 2.75) is 18.9 Å². The van der Waals surface area contributed by atoms with E-state index in [0.29, 0.717) is 28.5 Å². The third-order valence-electron chi connectivity index (χ3n) is 6.42. The number of ether oxygens (including phenoxy) is 3. The van der Waals surface area contributed by atoms with E-state index in [-0.39, 0.29) is 17.9 Å². The van der Waals surface area contributed by atoms with Gasteiger partial charge in [0.2, 0.25) is 11.7 Å². The van der Waals surface area contributed by atoms with Crippen LogP contribution in [0.5, 0.6) is 17.2 Å². The highest BCUT2D eigenvalue weighted by Gasteiger charge is 2.51. The van der Waals surface area contributed by atoms with Gasteiger partial charge in [-0.1, -0.05) is 18.2 Å². The first-order valence-electron chi connectivity index (χ1n) is 10.3. The molecule has 160 valence electrons. The summed E-state index contributed by atoms with van der Waals surface area (Å²) >= 11 is 0. The lowest BCUT2D eigenvalue weighted by molar-refractivity contribution is -0.122. The molecule has 7 heteroatoms. The van der Waals surface area contributed by atoms with Crippen LogP contribution >= 0.6 is 0 Å². The van der Waals surface area contributed by atoms with E-state index in [2.05, 4.69) is 11.0 Å². The van der Waals surface area contributed by atoms with Crippen LogP contribution in [0, 0.1) is 5.92 Å². The summed E-state index contributed by atoms with van der Waals surface area (Å²) in [6.07, 6.45) is 3.75. The third kappa shape index (κ3) is 2.80. The van der Waals surface area contributed by atoms with Gasteiger partial charge in [-0.15, -0.1) is 0 Å². The molecule has 2 aromatic rings. The highest BCUT2D eigenvalue weighted by atomic mass is 16.5. The molecule has 0 N–H and O–H groups in total. The summed E-state index contributed by atoms with van der Waals surface area (Å²) in [7, 11) is 4.53. The summed E-state index contributed by atoms with van der Waals surface area (Å²) in [5, 5.41) is 0. The molecule has 0 bridgehead atoms. The zero-order chi connectivity index (χ0) is 21.7. The maximum atomic E-state index is 13.7. The molecule has 2 aromatic carbocycles. The standard InChI is InChI=1S/C24H24N2O5/c1-29-19-12-15(13-20(30-2)22(19)31-3)26-23(27)16-11-14-7-4-5-8-17(14)25-10-6-9-18(25)21(16)24(26)28/h4-5,7-8,11-13,18,21H,6,9-10H2,1-3H3. The van der Waals surface area contributed by atoms with Crippen LogP contribution in [0.1, 0.15) is 18.4 Å². The molecule has 5 rings (SSSR count). The highest BCUT2D eigenvalue weighted by molar-refractivity contribution is 6.31. The SMILES string of the molecule is COc1cc(N2C(=O)C3=Cc4ccccc4N4CCCC4C3C2=O)cc(OC)c1OC. The Kier molecular flexibility index (Phi) is 4.61. The van der Waals surface area contributed by atoms with Crippen molar-refractivity contribution in [3.05, 3.63) is 47.5 Å². The first-order chi connectivity index (χ1) is 15.1. The number of carbonyl (C=O) groups excluding carboxylic acids is 2. The molecule has 0 aliphatic carbocycles. The number of hydrogen-bond acceptors (Lipinski definition) is 6. The van der Waals surface area contributed by atoms with Crippen molar-refractivity contribution in [1.29, 1.82) is 0 Å². The van der Waals surface area contributed by atoms with Crippen molar-refractivity contribution in [1.82, 2.24) is 0 Å². The smallest absolute Gasteiger partial charge is 0.261 e. The molecule has 3 aliphatic rings. The van der Waals surface area contributed by atoms with Crippen LogP contribution in [0.2, 0.25) is 0 Å². The van der Waals surface area contributed by atoms with Gasteiger partial charge in [-0.2, -0.15) is 0 Å². The van der Waals surface area contributed by atoms with Gasteiger partial charge in [0.05, 0.1) is 32.9 Å². The topological polar surface area (TPSA) is 68.3 Å². The monoisotopic (exact) mass is 420 g/mol. The third-order valence-corrected chi connectivity index (χ3v) is 6.42.